The number of sulfone groups is 1. The smallest absolute Gasteiger partial charge is 0.324 e. The molecular weight excluding hydrogens is 793 g/mol. The van der Waals surface area contributed by atoms with Crippen molar-refractivity contribution in [2.24, 2.45) is 23.2 Å². The van der Waals surface area contributed by atoms with Crippen molar-refractivity contribution in [3.63, 3.8) is 0 Å². The number of thiazole rings is 1. The molecule has 16 heteroatoms. The number of hydrogen-bond acceptors (Lipinski definition) is 12. The van der Waals surface area contributed by atoms with Gasteiger partial charge < -0.3 is 24.1 Å². The van der Waals surface area contributed by atoms with Crippen LogP contribution in [-0.2, 0) is 51.4 Å². The van der Waals surface area contributed by atoms with E-state index in [-0.39, 0.29) is 55.3 Å². The Morgan fingerprint density at radius 1 is 1.19 bits per heavy atom. The van der Waals surface area contributed by atoms with E-state index in [1.165, 1.54) is 22.6 Å². The summed E-state index contributed by atoms with van der Waals surface area (Å²) in [7, 11) is -1.73. The number of aromatic nitrogens is 3. The molecule has 1 saturated carbocycles. The van der Waals surface area contributed by atoms with Crippen LogP contribution < -0.4 is 10.7 Å². The molecule has 0 radical (unpaired) electrons. The Morgan fingerprint density at radius 2 is 1.95 bits per heavy atom. The lowest BCUT2D eigenvalue weighted by atomic mass is 9.84. The number of hydrazine groups is 1. The van der Waals surface area contributed by atoms with E-state index in [2.05, 4.69) is 21.4 Å². The Labute approximate surface area is 350 Å². The van der Waals surface area contributed by atoms with Crippen molar-refractivity contribution >= 4 is 49.9 Å². The largest absolute Gasteiger partial charge is 0.464 e. The van der Waals surface area contributed by atoms with Crippen molar-refractivity contribution in [1.29, 1.82) is 0 Å². The molecular formula is C43H56N6O8S2. The van der Waals surface area contributed by atoms with Gasteiger partial charge in [0.2, 0.25) is 5.91 Å². The Kier molecular flexibility index (Phi) is 12.4. The van der Waals surface area contributed by atoms with Crippen molar-refractivity contribution < 1.29 is 37.0 Å². The quantitative estimate of drug-likeness (QED) is 0.189. The summed E-state index contributed by atoms with van der Waals surface area (Å²) < 4.78 is 45.6. The highest BCUT2D eigenvalue weighted by Crippen LogP contribution is 2.46. The molecule has 2 fully saturated rings. The lowest BCUT2D eigenvalue weighted by Gasteiger charge is -2.37. The summed E-state index contributed by atoms with van der Waals surface area (Å²) in [5.74, 6) is -1.05. The Morgan fingerprint density at radius 3 is 2.64 bits per heavy atom. The molecule has 1 saturated heterocycles. The third-order valence-corrected chi connectivity index (χ3v) is 13.9. The van der Waals surface area contributed by atoms with E-state index >= 15 is 0 Å². The van der Waals surface area contributed by atoms with Crippen molar-refractivity contribution in [2.75, 3.05) is 38.9 Å². The minimum Gasteiger partial charge on any atom is -0.464 e. The number of ether oxygens (including phenoxy) is 3. The van der Waals surface area contributed by atoms with E-state index in [1.807, 2.05) is 71.2 Å². The van der Waals surface area contributed by atoms with Crippen LogP contribution >= 0.6 is 11.3 Å². The van der Waals surface area contributed by atoms with E-state index in [0.717, 1.165) is 33.3 Å². The van der Waals surface area contributed by atoms with Gasteiger partial charge in [0.1, 0.15) is 33.0 Å². The molecule has 1 unspecified atom stereocenters. The summed E-state index contributed by atoms with van der Waals surface area (Å²) in [6, 6.07) is 7.97. The Hall–Kier alpha value is -4.22. The molecule has 3 aromatic heterocycles. The molecule has 2 amide bonds. The van der Waals surface area contributed by atoms with Crippen LogP contribution in [0.1, 0.15) is 82.9 Å². The number of methoxy groups -OCH3 is 1. The van der Waals surface area contributed by atoms with Crippen LogP contribution in [0.15, 0.2) is 41.9 Å². The van der Waals surface area contributed by atoms with E-state index in [0.29, 0.717) is 42.2 Å². The number of hydrogen-bond donors (Lipinski definition) is 2. The summed E-state index contributed by atoms with van der Waals surface area (Å²) in [4.78, 5) is 51.9. The lowest BCUT2D eigenvalue weighted by molar-refractivity contribution is -0.156. The minimum atomic E-state index is -3.36. The average Bonchev–Trinajstić information content (AvgIpc) is 3.49. The van der Waals surface area contributed by atoms with Crippen molar-refractivity contribution in [1.82, 2.24) is 30.3 Å². The molecule has 7 atom stereocenters. The van der Waals surface area contributed by atoms with Gasteiger partial charge in [-0.25, -0.2) is 18.8 Å². The fourth-order valence-electron chi connectivity index (χ4n) is 8.49. The minimum absolute atomic E-state index is 0.0692. The standard InChI is InChI=1S/C43H56N6O8S2/c1-9-56-38-36(46-39(50)34-24(2)25(34)3)41(51)49-17-11-13-31(47-49)42(52)57-23-43(5,6)21-30-29-20-27(32-22-58-40(38)45-32)14-15-33(29)48(18-19-59(8,53)54)37(30)28-12-10-16-44-35(28)26(4)55-7/h10,12,14-16,20,22,24-26,31,34,36,38,47H,9,11,13,17-19,21,23H2,1-8H3,(H,46,50)/t24-,25+,26-,31-,34?,36-,38-/m0/s1. The molecule has 2 N–H and O–H groups in total. The predicted octanol–water partition coefficient (Wildman–Crippen LogP) is 5.66. The first-order valence-electron chi connectivity index (χ1n) is 20.4. The highest BCUT2D eigenvalue weighted by molar-refractivity contribution is 7.90. The summed E-state index contributed by atoms with van der Waals surface area (Å²) in [5.41, 5.74) is 8.10. The van der Waals surface area contributed by atoms with Crippen molar-refractivity contribution in [3.05, 3.63) is 58.2 Å². The maximum atomic E-state index is 14.5. The van der Waals surface area contributed by atoms with E-state index in [4.69, 9.17) is 24.2 Å². The van der Waals surface area contributed by atoms with Crippen LogP contribution in [-0.4, -0.2) is 96.7 Å². The number of carbonyl (C=O) groups is 3. The number of nitrogens with one attached hydrogen (secondary N) is 2. The number of esters is 1. The third kappa shape index (κ3) is 8.97. The normalized spacial score (nSPS) is 25.3. The average molecular weight is 849 g/mol. The Bertz CT molecular complexity index is 2330. The first-order chi connectivity index (χ1) is 28.0. The summed E-state index contributed by atoms with van der Waals surface area (Å²) in [5, 5.41) is 7.81. The third-order valence-electron chi connectivity index (χ3n) is 12.1. The zero-order valence-electron chi connectivity index (χ0n) is 35.1. The van der Waals surface area contributed by atoms with Crippen molar-refractivity contribution in [2.45, 2.75) is 91.6 Å². The predicted molar refractivity (Wildman–Crippen MR) is 226 cm³/mol. The monoisotopic (exact) mass is 848 g/mol. The van der Waals surface area contributed by atoms with Gasteiger partial charge in [-0.15, -0.1) is 11.3 Å². The van der Waals surface area contributed by atoms with Crippen LogP contribution in [0.2, 0.25) is 0 Å². The molecule has 5 heterocycles. The van der Waals surface area contributed by atoms with E-state index in [1.54, 1.807) is 13.3 Å². The molecule has 6 bridgehead atoms. The number of aryl methyl sites for hydroxylation is 1. The molecule has 0 spiro atoms. The zero-order valence-corrected chi connectivity index (χ0v) is 36.7. The number of amides is 2. The second kappa shape index (κ2) is 17.0. The fraction of sp³-hybridized carbons (Fsp3) is 0.558. The van der Waals surface area contributed by atoms with E-state index in [9.17, 15) is 22.8 Å². The van der Waals surface area contributed by atoms with Gasteiger partial charge in [0, 0.05) is 78.0 Å². The number of cyclic esters (lactones) is 1. The number of carbonyl (C=O) groups excluding carboxylic acids is 3. The highest BCUT2D eigenvalue weighted by Gasteiger charge is 2.50. The molecule has 2 aliphatic heterocycles. The molecule has 1 aromatic carbocycles. The maximum absolute atomic E-state index is 14.5. The second-order valence-corrected chi connectivity index (χ2v) is 20.2. The van der Waals surface area contributed by atoms with Crippen LogP contribution in [0, 0.1) is 23.2 Å². The molecule has 1 aliphatic carbocycles. The number of nitrogens with zero attached hydrogens (tertiary/aromatic N) is 4. The van der Waals surface area contributed by atoms with Gasteiger partial charge in [-0.05, 0) is 74.8 Å². The first-order valence-corrected chi connectivity index (χ1v) is 23.4. The van der Waals surface area contributed by atoms with Gasteiger partial charge in [-0.3, -0.25) is 24.4 Å². The van der Waals surface area contributed by atoms with Gasteiger partial charge >= 0.3 is 5.97 Å². The molecule has 59 heavy (non-hydrogen) atoms. The first kappa shape index (κ1) is 42.9. The molecule has 7 rings (SSSR count). The van der Waals surface area contributed by atoms with Crippen LogP contribution in [0.5, 0.6) is 0 Å². The highest BCUT2D eigenvalue weighted by atomic mass is 32.2. The van der Waals surface area contributed by atoms with Crippen LogP contribution in [0.25, 0.3) is 33.4 Å². The van der Waals surface area contributed by atoms with Gasteiger partial charge in [-0.1, -0.05) is 33.8 Å². The molecule has 14 nitrogen and oxygen atoms in total. The summed E-state index contributed by atoms with van der Waals surface area (Å²) >= 11 is 1.35. The SMILES string of the molecule is CCO[C@@H]1c2nc(cs2)-c2ccc3c(c2)c(c(-c2cccnc2[C@H](C)OC)n3CCS(C)(=O)=O)CC(C)(C)COC(=O)[C@@H]2CCCN(N2)C(=O)[C@H]1NC(=O)C1[C@@H](C)[C@H]1C. The zero-order chi connectivity index (χ0) is 42.4. The summed E-state index contributed by atoms with van der Waals surface area (Å²) in [6.07, 6.45) is 3.14. The number of fused-ring (bicyclic) bond motifs is 6. The van der Waals surface area contributed by atoms with Crippen LogP contribution in [0.4, 0.5) is 0 Å². The number of rotatable bonds is 10. The van der Waals surface area contributed by atoms with Gasteiger partial charge in [0.25, 0.3) is 5.91 Å². The van der Waals surface area contributed by atoms with Gasteiger partial charge in [0.15, 0.2) is 0 Å². The van der Waals surface area contributed by atoms with E-state index < -0.39 is 45.3 Å². The fourth-order valence-corrected chi connectivity index (χ4v) is 9.91. The topological polar surface area (TPSA) is 171 Å². The maximum Gasteiger partial charge on any atom is 0.324 e. The van der Waals surface area contributed by atoms with Crippen molar-refractivity contribution in [3.8, 4) is 22.5 Å². The van der Waals surface area contributed by atoms with Gasteiger partial charge in [0.05, 0.1) is 35.5 Å². The van der Waals surface area contributed by atoms with Gasteiger partial charge in [-0.2, -0.15) is 0 Å². The lowest BCUT2D eigenvalue weighted by Crippen LogP contribution is -2.61. The van der Waals surface area contributed by atoms with Crippen LogP contribution in [0.3, 0.4) is 0 Å². The molecule has 3 aliphatic rings. The second-order valence-electron chi connectivity index (χ2n) is 17.1. The number of benzene rings is 1. The summed E-state index contributed by atoms with van der Waals surface area (Å²) in [6.45, 7) is 12.7. The molecule has 318 valence electrons. The number of pyridine rings is 1. The molecule has 4 aromatic rings. The Balaban J connectivity index is 1.42.